The third-order valence-corrected chi connectivity index (χ3v) is 5.83. The molecule has 0 aliphatic heterocycles. The Hall–Kier alpha value is -1.75. The monoisotopic (exact) mass is 569 g/mol. The number of fused-ring (bicyclic) bond motifs is 1. The van der Waals surface area contributed by atoms with E-state index in [1.54, 1.807) is 11.8 Å². The quantitative estimate of drug-likeness (QED) is 0.118. The van der Waals surface area contributed by atoms with E-state index in [1.807, 2.05) is 7.05 Å². The Bertz CT molecular complexity index is 980. The van der Waals surface area contributed by atoms with Gasteiger partial charge in [0.2, 0.25) is 0 Å². The number of nitrogens with zero attached hydrogens (tertiary/aromatic N) is 5. The van der Waals surface area contributed by atoms with E-state index in [0.717, 1.165) is 62.4 Å². The zero-order chi connectivity index (χ0) is 22.1. The topological polar surface area (TPSA) is 72.1 Å². The van der Waals surface area contributed by atoms with Crippen molar-refractivity contribution < 1.29 is 0 Å². The second-order valence-corrected chi connectivity index (χ2v) is 8.83. The largest absolute Gasteiger partial charge is 0.356 e. The third-order valence-electron chi connectivity index (χ3n) is 5.17. The molecule has 0 radical (unpaired) electrons. The SMILES string of the molecule is CN=C(NCCCc1nnc(SC)n1CC(C)C)NCCCn1ccc2ccccc21.I. The van der Waals surface area contributed by atoms with Gasteiger partial charge in [-0.3, -0.25) is 4.99 Å². The molecule has 0 spiro atoms. The lowest BCUT2D eigenvalue weighted by Gasteiger charge is -2.13. The van der Waals surface area contributed by atoms with E-state index in [2.05, 4.69) is 91.6 Å². The minimum Gasteiger partial charge on any atom is -0.356 e. The van der Waals surface area contributed by atoms with Crippen LogP contribution < -0.4 is 10.6 Å². The first-order chi connectivity index (χ1) is 15.1. The van der Waals surface area contributed by atoms with E-state index in [1.165, 1.54) is 10.9 Å². The van der Waals surface area contributed by atoms with Gasteiger partial charge in [-0.1, -0.05) is 43.8 Å². The molecular formula is C23H36IN7S. The maximum Gasteiger partial charge on any atom is 0.190 e. The van der Waals surface area contributed by atoms with Crippen molar-refractivity contribution in [2.75, 3.05) is 26.4 Å². The lowest BCUT2D eigenvalue weighted by Crippen LogP contribution is -2.38. The zero-order valence-corrected chi connectivity index (χ0v) is 22.7. The summed E-state index contributed by atoms with van der Waals surface area (Å²) in [6, 6.07) is 10.7. The highest BCUT2D eigenvalue weighted by Crippen LogP contribution is 2.17. The summed E-state index contributed by atoms with van der Waals surface area (Å²) in [5, 5.41) is 17.9. The average molecular weight is 570 g/mol. The number of guanidine groups is 1. The molecule has 0 fully saturated rings. The van der Waals surface area contributed by atoms with Crippen molar-refractivity contribution in [3.63, 3.8) is 0 Å². The number of thioether (sulfide) groups is 1. The normalized spacial score (nSPS) is 11.7. The van der Waals surface area contributed by atoms with E-state index in [-0.39, 0.29) is 24.0 Å². The molecule has 0 aliphatic carbocycles. The molecule has 3 rings (SSSR count). The van der Waals surface area contributed by atoms with Crippen molar-refractivity contribution in [2.24, 2.45) is 10.9 Å². The van der Waals surface area contributed by atoms with Crippen molar-refractivity contribution in [2.45, 2.75) is 51.4 Å². The van der Waals surface area contributed by atoms with Crippen LogP contribution in [0.5, 0.6) is 0 Å². The van der Waals surface area contributed by atoms with Gasteiger partial charge in [0.15, 0.2) is 11.1 Å². The Kier molecular flexibility index (Phi) is 11.4. The second kappa shape index (κ2) is 13.7. The fraction of sp³-hybridized carbons (Fsp3) is 0.522. The van der Waals surface area contributed by atoms with Gasteiger partial charge in [-0.15, -0.1) is 34.2 Å². The summed E-state index contributed by atoms with van der Waals surface area (Å²) in [5.74, 6) is 2.50. The molecule has 0 saturated carbocycles. The van der Waals surface area contributed by atoms with Crippen molar-refractivity contribution in [1.82, 2.24) is 30.0 Å². The van der Waals surface area contributed by atoms with E-state index in [0.29, 0.717) is 5.92 Å². The Morgan fingerprint density at radius 3 is 2.56 bits per heavy atom. The lowest BCUT2D eigenvalue weighted by molar-refractivity contribution is 0.477. The lowest BCUT2D eigenvalue weighted by atomic mass is 10.2. The van der Waals surface area contributed by atoms with Crippen LogP contribution in [0.2, 0.25) is 0 Å². The van der Waals surface area contributed by atoms with Crippen LogP contribution in [-0.2, 0) is 19.5 Å². The fourth-order valence-electron chi connectivity index (χ4n) is 3.67. The van der Waals surface area contributed by atoms with Crippen LogP contribution in [-0.4, -0.2) is 51.7 Å². The van der Waals surface area contributed by atoms with E-state index < -0.39 is 0 Å². The molecular weight excluding hydrogens is 533 g/mol. The Balaban J connectivity index is 0.00000363. The summed E-state index contributed by atoms with van der Waals surface area (Å²) >= 11 is 1.66. The van der Waals surface area contributed by atoms with Crippen LogP contribution >= 0.6 is 35.7 Å². The van der Waals surface area contributed by atoms with Gasteiger partial charge in [0.25, 0.3) is 0 Å². The fourth-order valence-corrected chi connectivity index (χ4v) is 4.19. The second-order valence-electron chi connectivity index (χ2n) is 8.06. The summed E-state index contributed by atoms with van der Waals surface area (Å²) < 4.78 is 4.57. The zero-order valence-electron chi connectivity index (χ0n) is 19.5. The van der Waals surface area contributed by atoms with Gasteiger partial charge >= 0.3 is 0 Å². The van der Waals surface area contributed by atoms with Gasteiger partial charge in [-0.25, -0.2) is 0 Å². The maximum atomic E-state index is 4.40. The van der Waals surface area contributed by atoms with Crippen molar-refractivity contribution in [1.29, 1.82) is 0 Å². The molecule has 0 bridgehead atoms. The molecule has 0 atom stereocenters. The maximum absolute atomic E-state index is 4.40. The summed E-state index contributed by atoms with van der Waals surface area (Å²) in [4.78, 5) is 4.34. The molecule has 2 N–H and O–H groups in total. The van der Waals surface area contributed by atoms with Gasteiger partial charge < -0.3 is 19.8 Å². The molecule has 0 aliphatic rings. The van der Waals surface area contributed by atoms with Crippen LogP contribution in [0.3, 0.4) is 0 Å². The smallest absolute Gasteiger partial charge is 0.190 e. The van der Waals surface area contributed by atoms with Gasteiger partial charge in [0.05, 0.1) is 0 Å². The average Bonchev–Trinajstić information content (AvgIpc) is 3.36. The summed E-state index contributed by atoms with van der Waals surface area (Å²) in [6.45, 7) is 8.14. The summed E-state index contributed by atoms with van der Waals surface area (Å²) in [5.41, 5.74) is 1.29. The first-order valence-electron chi connectivity index (χ1n) is 11.1. The van der Waals surface area contributed by atoms with E-state index in [4.69, 9.17) is 0 Å². The number of benzene rings is 1. The first-order valence-corrected chi connectivity index (χ1v) is 12.3. The number of aliphatic imine (C=N–C) groups is 1. The molecule has 2 aromatic heterocycles. The third kappa shape index (κ3) is 7.40. The van der Waals surface area contributed by atoms with Crippen molar-refractivity contribution in [3.8, 4) is 0 Å². The minimum absolute atomic E-state index is 0. The molecule has 0 amide bonds. The highest BCUT2D eigenvalue weighted by molar-refractivity contribution is 14.0. The molecule has 9 heteroatoms. The number of aryl methyl sites for hydroxylation is 2. The van der Waals surface area contributed by atoms with Crippen LogP contribution in [0.15, 0.2) is 46.7 Å². The molecule has 2 heterocycles. The highest BCUT2D eigenvalue weighted by Gasteiger charge is 2.12. The van der Waals surface area contributed by atoms with Crippen LogP contribution in [0.4, 0.5) is 0 Å². The molecule has 32 heavy (non-hydrogen) atoms. The highest BCUT2D eigenvalue weighted by atomic mass is 127. The van der Waals surface area contributed by atoms with Crippen molar-refractivity contribution in [3.05, 3.63) is 42.4 Å². The number of rotatable bonds is 11. The van der Waals surface area contributed by atoms with Gasteiger partial charge in [-0.2, -0.15) is 0 Å². The van der Waals surface area contributed by atoms with Gasteiger partial charge in [0, 0.05) is 51.4 Å². The van der Waals surface area contributed by atoms with Crippen LogP contribution in [0.25, 0.3) is 10.9 Å². The van der Waals surface area contributed by atoms with Crippen molar-refractivity contribution >= 4 is 52.6 Å². The van der Waals surface area contributed by atoms with Crippen LogP contribution in [0.1, 0.15) is 32.5 Å². The van der Waals surface area contributed by atoms with Gasteiger partial charge in [0.1, 0.15) is 5.82 Å². The van der Waals surface area contributed by atoms with Crippen LogP contribution in [0, 0.1) is 5.92 Å². The number of hydrogen-bond donors (Lipinski definition) is 2. The Labute approximate surface area is 212 Å². The number of nitrogens with one attached hydrogen (secondary N) is 2. The van der Waals surface area contributed by atoms with E-state index in [9.17, 15) is 0 Å². The number of hydrogen-bond acceptors (Lipinski definition) is 4. The molecule has 0 unspecified atom stereocenters. The summed E-state index contributed by atoms with van der Waals surface area (Å²) in [6.07, 6.45) is 7.15. The Morgan fingerprint density at radius 2 is 1.84 bits per heavy atom. The van der Waals surface area contributed by atoms with Gasteiger partial charge in [-0.05, 0) is 42.5 Å². The predicted octanol–water partition coefficient (Wildman–Crippen LogP) is 4.42. The molecule has 3 aromatic rings. The molecule has 1 aromatic carbocycles. The van der Waals surface area contributed by atoms with E-state index >= 15 is 0 Å². The molecule has 176 valence electrons. The Morgan fingerprint density at radius 1 is 1.09 bits per heavy atom. The summed E-state index contributed by atoms with van der Waals surface area (Å²) in [7, 11) is 1.82. The first kappa shape index (κ1) is 26.5. The number of halogens is 1. The molecule has 7 nitrogen and oxygen atoms in total. The molecule has 0 saturated heterocycles. The minimum atomic E-state index is 0. The predicted molar refractivity (Wildman–Crippen MR) is 146 cm³/mol. The number of para-hydroxylation sites is 1. The standard InChI is InChI=1S/C23H35N7S.HI/c1-18(2)17-30-21(27-28-23(30)31-4)11-7-13-25-22(24-3)26-14-8-15-29-16-12-19-9-5-6-10-20(19)29;/h5-6,9-10,12,16,18H,7-8,11,13-15,17H2,1-4H3,(H2,24,25,26);1H. The number of aromatic nitrogens is 4.